The lowest BCUT2D eigenvalue weighted by Gasteiger charge is -2.36. The van der Waals surface area contributed by atoms with Gasteiger partial charge in [-0.2, -0.15) is 13.2 Å². The number of hydrogen-bond donors (Lipinski definition) is 1. The van der Waals surface area contributed by atoms with Crippen molar-refractivity contribution in [1.29, 1.82) is 0 Å². The number of methoxy groups -OCH3 is 1. The molecule has 1 saturated heterocycles. The summed E-state index contributed by atoms with van der Waals surface area (Å²) in [6.45, 7) is 4.21. The lowest BCUT2D eigenvalue weighted by Crippen LogP contribution is -2.52. The predicted octanol–water partition coefficient (Wildman–Crippen LogP) is 3.26. The minimum atomic E-state index is -4.09. The molecular weight excluding hydrogens is 376 g/mol. The van der Waals surface area contributed by atoms with E-state index in [9.17, 15) is 17.6 Å². The molecule has 5 nitrogen and oxygen atoms in total. The van der Waals surface area contributed by atoms with Gasteiger partial charge in [0.2, 0.25) is 0 Å². The molecule has 2 rings (SSSR count). The quantitative estimate of drug-likeness (QED) is 0.328. The monoisotopic (exact) mass is 404 g/mol. The third-order valence-corrected chi connectivity index (χ3v) is 4.68. The molecule has 0 spiro atoms. The van der Waals surface area contributed by atoms with Crippen LogP contribution in [0.25, 0.3) is 0 Å². The maximum atomic E-state index is 13.8. The first kappa shape index (κ1) is 22.3. The first-order valence-corrected chi connectivity index (χ1v) is 9.39. The van der Waals surface area contributed by atoms with E-state index in [1.807, 2.05) is 6.07 Å². The van der Waals surface area contributed by atoms with Crippen LogP contribution in [0.3, 0.4) is 0 Å². The van der Waals surface area contributed by atoms with Gasteiger partial charge in [-0.3, -0.25) is 9.89 Å². The maximum absolute atomic E-state index is 13.8. The highest BCUT2D eigenvalue weighted by Crippen LogP contribution is 2.22. The van der Waals surface area contributed by atoms with Crippen molar-refractivity contribution >= 4 is 5.96 Å². The van der Waals surface area contributed by atoms with Crippen molar-refractivity contribution < 1.29 is 22.3 Å². The highest BCUT2D eigenvalue weighted by atomic mass is 19.4. The molecule has 1 heterocycles. The second-order valence-electron chi connectivity index (χ2n) is 6.78. The molecule has 1 aliphatic heterocycles. The zero-order valence-electron chi connectivity index (χ0n) is 16.4. The second-order valence-corrected chi connectivity index (χ2v) is 6.78. The summed E-state index contributed by atoms with van der Waals surface area (Å²) < 4.78 is 55.3. The largest absolute Gasteiger partial charge is 0.494 e. The maximum Gasteiger partial charge on any atom is 0.389 e. The van der Waals surface area contributed by atoms with Crippen LogP contribution in [-0.4, -0.2) is 68.8 Å². The molecule has 1 aliphatic rings. The van der Waals surface area contributed by atoms with E-state index in [-0.39, 0.29) is 18.0 Å². The number of halogens is 4. The summed E-state index contributed by atoms with van der Waals surface area (Å²) in [5.74, 6) is 0.578. The van der Waals surface area contributed by atoms with E-state index in [0.29, 0.717) is 25.5 Å². The van der Waals surface area contributed by atoms with Gasteiger partial charge in [-0.1, -0.05) is 6.07 Å². The van der Waals surface area contributed by atoms with E-state index in [0.717, 1.165) is 31.7 Å². The Morgan fingerprint density at radius 3 is 2.46 bits per heavy atom. The van der Waals surface area contributed by atoms with Crippen LogP contribution in [0.1, 0.15) is 24.8 Å². The van der Waals surface area contributed by atoms with Gasteiger partial charge in [-0.15, -0.1) is 0 Å². The van der Waals surface area contributed by atoms with Crippen LogP contribution in [0.15, 0.2) is 23.2 Å². The Kier molecular flexibility index (Phi) is 8.35. The van der Waals surface area contributed by atoms with Gasteiger partial charge in [0.05, 0.1) is 7.11 Å². The van der Waals surface area contributed by atoms with Crippen LogP contribution in [0.2, 0.25) is 0 Å². The van der Waals surface area contributed by atoms with Crippen LogP contribution in [0, 0.1) is 5.82 Å². The lowest BCUT2D eigenvalue weighted by atomic mass is 10.2. The number of rotatable bonds is 7. The average Bonchev–Trinajstić information content (AvgIpc) is 2.65. The lowest BCUT2D eigenvalue weighted by molar-refractivity contribution is -0.135. The van der Waals surface area contributed by atoms with Crippen LogP contribution < -0.4 is 10.1 Å². The Morgan fingerprint density at radius 2 is 1.89 bits per heavy atom. The first-order chi connectivity index (χ1) is 13.3. The third kappa shape index (κ3) is 7.18. The van der Waals surface area contributed by atoms with Crippen LogP contribution in [0.5, 0.6) is 5.75 Å². The van der Waals surface area contributed by atoms with Gasteiger partial charge in [0.25, 0.3) is 0 Å². The molecule has 0 aromatic heterocycles. The molecule has 0 aliphatic carbocycles. The van der Waals surface area contributed by atoms with Gasteiger partial charge in [0, 0.05) is 52.7 Å². The smallest absolute Gasteiger partial charge is 0.389 e. The number of piperazine rings is 1. The number of alkyl halides is 3. The SMILES string of the molecule is CN=C(NCCCCC(F)(F)F)N1CCN(Cc2ccc(OC)c(F)c2)CC1. The molecule has 0 radical (unpaired) electrons. The molecule has 1 aromatic rings. The van der Waals surface area contributed by atoms with E-state index < -0.39 is 12.6 Å². The molecule has 0 amide bonds. The van der Waals surface area contributed by atoms with E-state index in [2.05, 4.69) is 20.1 Å². The van der Waals surface area contributed by atoms with E-state index >= 15 is 0 Å². The van der Waals surface area contributed by atoms with Gasteiger partial charge in [0.1, 0.15) is 0 Å². The van der Waals surface area contributed by atoms with Gasteiger partial charge < -0.3 is 15.0 Å². The summed E-state index contributed by atoms with van der Waals surface area (Å²) >= 11 is 0. The summed E-state index contributed by atoms with van der Waals surface area (Å²) in [6.07, 6.45) is -4.29. The fraction of sp³-hybridized carbons (Fsp3) is 0.632. The molecule has 158 valence electrons. The molecule has 1 N–H and O–H groups in total. The van der Waals surface area contributed by atoms with Gasteiger partial charge in [0.15, 0.2) is 17.5 Å². The zero-order chi connectivity index (χ0) is 20.6. The van der Waals surface area contributed by atoms with Crippen molar-refractivity contribution in [2.75, 3.05) is 46.9 Å². The number of benzene rings is 1. The summed E-state index contributed by atoms with van der Waals surface area (Å²) in [4.78, 5) is 8.55. The average molecular weight is 404 g/mol. The minimum Gasteiger partial charge on any atom is -0.494 e. The Morgan fingerprint density at radius 1 is 1.18 bits per heavy atom. The van der Waals surface area contributed by atoms with Crippen molar-refractivity contribution in [2.45, 2.75) is 32.0 Å². The Balaban J connectivity index is 1.73. The number of nitrogens with zero attached hydrogens (tertiary/aromatic N) is 3. The number of aliphatic imine (C=N–C) groups is 1. The van der Waals surface area contributed by atoms with Crippen molar-refractivity contribution in [3.63, 3.8) is 0 Å². The summed E-state index contributed by atoms with van der Waals surface area (Å²) in [7, 11) is 3.11. The molecule has 9 heteroatoms. The van der Waals surface area contributed by atoms with E-state index in [1.54, 1.807) is 13.1 Å². The molecule has 28 heavy (non-hydrogen) atoms. The van der Waals surface area contributed by atoms with Gasteiger partial charge in [-0.25, -0.2) is 4.39 Å². The standard InChI is InChI=1S/C19H28F4N4O/c1-24-18(25-8-4-3-7-19(21,22)23)27-11-9-26(10-12-27)14-15-5-6-17(28-2)16(20)13-15/h5-6,13H,3-4,7-12,14H2,1-2H3,(H,24,25). The molecule has 0 atom stereocenters. The first-order valence-electron chi connectivity index (χ1n) is 9.39. The van der Waals surface area contributed by atoms with Crippen LogP contribution >= 0.6 is 0 Å². The molecule has 0 unspecified atom stereocenters. The molecule has 0 saturated carbocycles. The highest BCUT2D eigenvalue weighted by molar-refractivity contribution is 5.79. The number of ether oxygens (including phenoxy) is 1. The number of unbranched alkanes of at least 4 members (excludes halogenated alkanes) is 1. The predicted molar refractivity (Wildman–Crippen MR) is 101 cm³/mol. The van der Waals surface area contributed by atoms with Gasteiger partial charge >= 0.3 is 6.18 Å². The second kappa shape index (κ2) is 10.5. The Hall–Kier alpha value is -2.03. The Bertz CT molecular complexity index is 643. The molecule has 1 aromatic carbocycles. The van der Waals surface area contributed by atoms with Gasteiger partial charge in [-0.05, 0) is 30.5 Å². The summed E-state index contributed by atoms with van der Waals surface area (Å²) in [5, 5.41) is 3.14. The minimum absolute atomic E-state index is 0.111. The summed E-state index contributed by atoms with van der Waals surface area (Å²) in [5.41, 5.74) is 0.888. The van der Waals surface area contributed by atoms with E-state index in [4.69, 9.17) is 4.74 Å². The van der Waals surface area contributed by atoms with Crippen molar-refractivity contribution in [3.8, 4) is 5.75 Å². The highest BCUT2D eigenvalue weighted by Gasteiger charge is 2.26. The fourth-order valence-electron chi connectivity index (χ4n) is 3.17. The Labute approximate surface area is 163 Å². The van der Waals surface area contributed by atoms with Crippen LogP contribution in [0.4, 0.5) is 17.6 Å². The summed E-state index contributed by atoms with van der Waals surface area (Å²) in [6, 6.07) is 4.98. The zero-order valence-corrected chi connectivity index (χ0v) is 16.4. The molecule has 0 bridgehead atoms. The fourth-order valence-corrected chi connectivity index (χ4v) is 3.17. The normalized spacial score (nSPS) is 16.4. The van der Waals surface area contributed by atoms with Crippen molar-refractivity contribution in [1.82, 2.24) is 15.1 Å². The topological polar surface area (TPSA) is 40.1 Å². The van der Waals surface area contributed by atoms with Crippen molar-refractivity contribution in [2.24, 2.45) is 4.99 Å². The van der Waals surface area contributed by atoms with Crippen LogP contribution in [-0.2, 0) is 6.54 Å². The third-order valence-electron chi connectivity index (χ3n) is 4.68. The molecular formula is C19H28F4N4O. The number of guanidine groups is 1. The molecule has 1 fully saturated rings. The number of hydrogen-bond acceptors (Lipinski definition) is 3. The number of nitrogens with one attached hydrogen (secondary N) is 1. The van der Waals surface area contributed by atoms with E-state index in [1.165, 1.54) is 13.2 Å². The van der Waals surface area contributed by atoms with Crippen molar-refractivity contribution in [3.05, 3.63) is 29.6 Å².